The van der Waals surface area contributed by atoms with Crippen LogP contribution in [0, 0.1) is 0 Å². The van der Waals surface area contributed by atoms with Crippen molar-refractivity contribution in [3.05, 3.63) is 81.6 Å². The highest BCUT2D eigenvalue weighted by Crippen LogP contribution is 2.33. The Bertz CT molecular complexity index is 1290. The molecule has 0 spiro atoms. The zero-order valence-electron chi connectivity index (χ0n) is 20.8. The Labute approximate surface area is 224 Å². The van der Waals surface area contributed by atoms with Crippen LogP contribution in [0.2, 0.25) is 5.02 Å². The molecule has 2 N–H and O–H groups in total. The van der Waals surface area contributed by atoms with Crippen molar-refractivity contribution in [2.75, 3.05) is 20.3 Å². The smallest absolute Gasteiger partial charge is 0.238 e. The number of hydrazine groups is 1. The number of methoxy groups -OCH3 is 1. The lowest BCUT2D eigenvalue weighted by molar-refractivity contribution is 0.0598. The van der Waals surface area contributed by atoms with Gasteiger partial charge in [-0.1, -0.05) is 41.0 Å². The van der Waals surface area contributed by atoms with Gasteiger partial charge in [-0.25, -0.2) is 20.2 Å². The molecule has 37 heavy (non-hydrogen) atoms. The van der Waals surface area contributed by atoms with Gasteiger partial charge in [0.1, 0.15) is 23.0 Å². The first kappa shape index (κ1) is 27.0. The molecule has 0 fully saturated rings. The lowest BCUT2D eigenvalue weighted by Gasteiger charge is -2.14. The number of amidine groups is 1. The van der Waals surface area contributed by atoms with E-state index >= 15 is 0 Å². The second-order valence-corrected chi connectivity index (χ2v) is 10.2. The van der Waals surface area contributed by atoms with E-state index in [1.54, 1.807) is 37.4 Å². The third-order valence-corrected chi connectivity index (χ3v) is 6.99. The van der Waals surface area contributed by atoms with E-state index in [2.05, 4.69) is 11.7 Å². The van der Waals surface area contributed by atoms with Crippen LogP contribution in [0.3, 0.4) is 0 Å². The van der Waals surface area contributed by atoms with Crippen molar-refractivity contribution >= 4 is 28.8 Å². The number of aromatic nitrogens is 1. The average molecular weight is 547 g/mol. The summed E-state index contributed by atoms with van der Waals surface area (Å²) in [5.41, 5.74) is 1.44. The highest BCUT2D eigenvalue weighted by Gasteiger charge is 2.24. The highest BCUT2D eigenvalue weighted by atomic mass is 35.5. The van der Waals surface area contributed by atoms with E-state index in [9.17, 15) is 4.39 Å². The fraction of sp³-hybridized carbons (Fsp3) is 0.308. The van der Waals surface area contributed by atoms with E-state index in [0.717, 1.165) is 21.1 Å². The van der Waals surface area contributed by atoms with Gasteiger partial charge in [0.25, 0.3) is 0 Å². The standard InChI is InChI=1S/C26H28ClFN4O4S/c1-16-32(29)24(31-36-16)20-10-9-19(13-21(20)27)35-15-23-22(14-34-12-11-33-4)30-25(37-23)17-5-7-18(8-6-17)26(2,3)28/h5-10,13H,1,11-12,14-15,29H2,2-4H3. The number of nitrogens with two attached hydrogens (primary N) is 1. The van der Waals surface area contributed by atoms with Crippen molar-refractivity contribution in [3.63, 3.8) is 0 Å². The van der Waals surface area contributed by atoms with Gasteiger partial charge < -0.3 is 19.0 Å². The SMILES string of the molecule is C=C1ON=C(c2ccc(OCc3sc(-c4ccc(C(C)(C)F)cc4)nc3COCCOC)cc2Cl)N1N. The predicted molar refractivity (Wildman–Crippen MR) is 142 cm³/mol. The number of hydrogen-bond acceptors (Lipinski definition) is 9. The number of benzene rings is 2. The van der Waals surface area contributed by atoms with Crippen molar-refractivity contribution in [1.29, 1.82) is 0 Å². The van der Waals surface area contributed by atoms with Crippen molar-refractivity contribution in [1.82, 2.24) is 9.99 Å². The second-order valence-electron chi connectivity index (χ2n) is 8.68. The number of hydrogen-bond donors (Lipinski definition) is 1. The molecule has 0 saturated carbocycles. The van der Waals surface area contributed by atoms with Gasteiger partial charge in [0, 0.05) is 18.2 Å². The quantitative estimate of drug-likeness (QED) is 0.242. The van der Waals surface area contributed by atoms with Gasteiger partial charge in [-0.15, -0.1) is 11.3 Å². The molecule has 2 heterocycles. The number of oxime groups is 1. The van der Waals surface area contributed by atoms with E-state index in [-0.39, 0.29) is 12.5 Å². The topological polar surface area (TPSA) is 91.4 Å². The summed E-state index contributed by atoms with van der Waals surface area (Å²) >= 11 is 7.96. The summed E-state index contributed by atoms with van der Waals surface area (Å²) in [5, 5.41) is 6.31. The number of ether oxygens (including phenoxy) is 3. The molecule has 0 bridgehead atoms. The van der Waals surface area contributed by atoms with Crippen LogP contribution in [0.25, 0.3) is 10.6 Å². The molecule has 1 aliphatic rings. The van der Waals surface area contributed by atoms with Crippen molar-refractivity contribution in [2.24, 2.45) is 11.0 Å². The number of alkyl halides is 1. The molecule has 0 aliphatic carbocycles. The average Bonchev–Trinajstić information content (AvgIpc) is 3.43. The third kappa shape index (κ3) is 6.46. The summed E-state index contributed by atoms with van der Waals surface area (Å²) < 4.78 is 31.1. The molecule has 2 aromatic carbocycles. The number of halogens is 2. The lowest BCUT2D eigenvalue weighted by atomic mass is 9.99. The van der Waals surface area contributed by atoms with Gasteiger partial charge in [-0.2, -0.15) is 0 Å². The Balaban J connectivity index is 1.51. The van der Waals surface area contributed by atoms with Crippen molar-refractivity contribution in [2.45, 2.75) is 32.7 Å². The molecule has 11 heteroatoms. The summed E-state index contributed by atoms with van der Waals surface area (Å²) in [6.07, 6.45) is 0. The second kappa shape index (κ2) is 11.6. The predicted octanol–water partition coefficient (Wildman–Crippen LogP) is 5.75. The van der Waals surface area contributed by atoms with Gasteiger partial charge in [0.2, 0.25) is 5.88 Å². The van der Waals surface area contributed by atoms with E-state index in [1.807, 2.05) is 12.1 Å². The molecule has 0 atom stereocenters. The molecule has 1 aromatic heterocycles. The van der Waals surface area contributed by atoms with Crippen LogP contribution < -0.4 is 10.6 Å². The first-order valence-corrected chi connectivity index (χ1v) is 12.6. The largest absolute Gasteiger partial charge is 0.488 e. The van der Waals surface area contributed by atoms with Gasteiger partial charge in [0.15, 0.2) is 5.84 Å². The van der Waals surface area contributed by atoms with Gasteiger partial charge in [-0.05, 0) is 44.2 Å². The Morgan fingerprint density at radius 2 is 1.92 bits per heavy atom. The normalized spacial score (nSPS) is 13.6. The molecule has 4 rings (SSSR count). The Kier molecular flexibility index (Phi) is 8.46. The maximum Gasteiger partial charge on any atom is 0.238 e. The number of nitrogens with zero attached hydrogens (tertiary/aromatic N) is 3. The monoisotopic (exact) mass is 546 g/mol. The summed E-state index contributed by atoms with van der Waals surface area (Å²) in [6.45, 7) is 8.22. The Hall–Kier alpha value is -3.02. The highest BCUT2D eigenvalue weighted by molar-refractivity contribution is 7.15. The zero-order chi connectivity index (χ0) is 26.6. The Morgan fingerprint density at radius 3 is 2.54 bits per heavy atom. The number of thiazole rings is 1. The van der Waals surface area contributed by atoms with Crippen molar-refractivity contribution in [3.8, 4) is 16.3 Å². The summed E-state index contributed by atoms with van der Waals surface area (Å²) in [7, 11) is 1.62. The fourth-order valence-electron chi connectivity index (χ4n) is 3.45. The van der Waals surface area contributed by atoms with Gasteiger partial charge >= 0.3 is 0 Å². The molecular weight excluding hydrogens is 519 g/mol. The first-order valence-electron chi connectivity index (χ1n) is 11.4. The third-order valence-electron chi connectivity index (χ3n) is 5.55. The van der Waals surface area contributed by atoms with E-state index in [1.165, 1.54) is 30.2 Å². The lowest BCUT2D eigenvalue weighted by Crippen LogP contribution is -2.33. The fourth-order valence-corrected chi connectivity index (χ4v) is 4.69. The van der Waals surface area contributed by atoms with Crippen LogP contribution in [0.4, 0.5) is 4.39 Å². The van der Waals surface area contributed by atoms with Crippen LogP contribution >= 0.6 is 22.9 Å². The molecule has 0 amide bonds. The summed E-state index contributed by atoms with van der Waals surface area (Å²) in [4.78, 5) is 10.7. The molecule has 0 saturated heterocycles. The summed E-state index contributed by atoms with van der Waals surface area (Å²) in [6, 6.07) is 12.5. The maximum absolute atomic E-state index is 14.3. The summed E-state index contributed by atoms with van der Waals surface area (Å²) in [5.74, 6) is 7.01. The molecule has 3 aromatic rings. The Morgan fingerprint density at radius 1 is 1.16 bits per heavy atom. The van der Waals surface area contributed by atoms with Crippen LogP contribution in [0.5, 0.6) is 5.75 Å². The first-order chi connectivity index (χ1) is 17.7. The van der Waals surface area contributed by atoms with Crippen LogP contribution in [0.1, 0.15) is 35.5 Å². The minimum Gasteiger partial charge on any atom is -0.488 e. The number of rotatable bonds is 11. The van der Waals surface area contributed by atoms with Gasteiger partial charge in [-0.3, -0.25) is 0 Å². The molecule has 8 nitrogen and oxygen atoms in total. The molecule has 1 aliphatic heterocycles. The molecule has 0 radical (unpaired) electrons. The van der Waals surface area contributed by atoms with Crippen LogP contribution in [-0.2, 0) is 33.2 Å². The maximum atomic E-state index is 14.3. The van der Waals surface area contributed by atoms with E-state index in [4.69, 9.17) is 41.5 Å². The van der Waals surface area contributed by atoms with Crippen LogP contribution in [0.15, 0.2) is 60.1 Å². The van der Waals surface area contributed by atoms with E-state index < -0.39 is 5.67 Å². The zero-order valence-corrected chi connectivity index (χ0v) is 22.4. The molecule has 196 valence electrons. The van der Waals surface area contributed by atoms with Crippen molar-refractivity contribution < 1.29 is 23.4 Å². The minimum absolute atomic E-state index is 0.204. The van der Waals surface area contributed by atoms with E-state index in [0.29, 0.717) is 47.6 Å². The molecular formula is C26H28ClFN4O4S. The van der Waals surface area contributed by atoms with Crippen LogP contribution in [-0.4, -0.2) is 36.2 Å². The minimum atomic E-state index is -1.41. The molecule has 0 unspecified atom stereocenters. The van der Waals surface area contributed by atoms with Gasteiger partial charge in [0.05, 0.1) is 35.4 Å².